The fraction of sp³-hybridized carbons (Fsp3) is 0.182. The van der Waals surface area contributed by atoms with E-state index >= 15 is 0 Å². The van der Waals surface area contributed by atoms with Crippen molar-refractivity contribution in [2.45, 2.75) is 12.8 Å². The van der Waals surface area contributed by atoms with Gasteiger partial charge in [0.25, 0.3) is 0 Å². The number of halogens is 2. The average Bonchev–Trinajstić information content (AvgIpc) is 2.18. The largest absolute Gasteiger partial charge is 0.294 e. The van der Waals surface area contributed by atoms with Crippen LogP contribution in [0, 0.1) is 18.2 Å². The molecule has 1 aromatic rings. The summed E-state index contributed by atoms with van der Waals surface area (Å²) in [6, 6.07) is 3.98. The first-order valence-electron chi connectivity index (χ1n) is 4.07. The molecule has 0 aromatic heterocycles. The SMILES string of the molecule is C#CCCC(=O)c1ccc(Cl)c(F)c1. The third kappa shape index (κ3) is 2.58. The second-order valence-electron chi connectivity index (χ2n) is 2.76. The number of rotatable bonds is 3. The van der Waals surface area contributed by atoms with Crippen molar-refractivity contribution < 1.29 is 9.18 Å². The van der Waals surface area contributed by atoms with Gasteiger partial charge in [-0.2, -0.15) is 0 Å². The molecule has 0 unspecified atom stereocenters. The molecule has 0 bridgehead atoms. The van der Waals surface area contributed by atoms with E-state index in [0.29, 0.717) is 12.0 Å². The fourth-order valence-electron chi connectivity index (χ4n) is 1.000. The van der Waals surface area contributed by atoms with Crippen molar-refractivity contribution >= 4 is 17.4 Å². The third-order valence-electron chi connectivity index (χ3n) is 1.74. The van der Waals surface area contributed by atoms with Crippen LogP contribution in [0.15, 0.2) is 18.2 Å². The Balaban J connectivity index is 2.82. The van der Waals surface area contributed by atoms with Gasteiger partial charge in [0, 0.05) is 18.4 Å². The quantitative estimate of drug-likeness (QED) is 0.554. The molecule has 14 heavy (non-hydrogen) atoms. The van der Waals surface area contributed by atoms with Crippen LogP contribution in [0.25, 0.3) is 0 Å². The number of hydrogen-bond donors (Lipinski definition) is 0. The Bertz CT molecular complexity index is 393. The molecule has 0 saturated heterocycles. The van der Waals surface area contributed by atoms with E-state index in [0.717, 1.165) is 6.07 Å². The average molecular weight is 211 g/mol. The Morgan fingerprint density at radius 2 is 2.29 bits per heavy atom. The first-order chi connectivity index (χ1) is 6.65. The Hall–Kier alpha value is -1.33. The molecular weight excluding hydrogens is 203 g/mol. The van der Waals surface area contributed by atoms with Gasteiger partial charge in [-0.15, -0.1) is 12.3 Å². The minimum absolute atomic E-state index is 0.0125. The van der Waals surface area contributed by atoms with Gasteiger partial charge in [0.05, 0.1) is 5.02 Å². The number of Topliss-reactive ketones (excluding diaryl/α,β-unsaturated/α-hetero) is 1. The highest BCUT2D eigenvalue weighted by Gasteiger charge is 2.07. The van der Waals surface area contributed by atoms with Gasteiger partial charge in [0.2, 0.25) is 0 Å². The zero-order valence-corrected chi connectivity index (χ0v) is 8.14. The molecule has 0 spiro atoms. The topological polar surface area (TPSA) is 17.1 Å². The highest BCUT2D eigenvalue weighted by molar-refractivity contribution is 6.30. The highest BCUT2D eigenvalue weighted by atomic mass is 35.5. The molecule has 0 N–H and O–H groups in total. The number of terminal acetylenes is 1. The first kappa shape index (κ1) is 10.7. The van der Waals surface area contributed by atoms with Gasteiger partial charge in [-0.05, 0) is 18.2 Å². The molecule has 1 nitrogen and oxygen atoms in total. The molecule has 1 aromatic carbocycles. The minimum atomic E-state index is -0.585. The van der Waals surface area contributed by atoms with E-state index in [1.807, 2.05) is 0 Å². The molecule has 0 amide bonds. The van der Waals surface area contributed by atoms with Gasteiger partial charge in [-0.1, -0.05) is 11.6 Å². The lowest BCUT2D eigenvalue weighted by atomic mass is 10.1. The number of ketones is 1. The molecule has 0 heterocycles. The molecule has 0 atom stereocenters. The lowest BCUT2D eigenvalue weighted by Crippen LogP contribution is -1.98. The Morgan fingerprint density at radius 3 is 2.86 bits per heavy atom. The third-order valence-corrected chi connectivity index (χ3v) is 2.04. The van der Waals surface area contributed by atoms with E-state index in [4.69, 9.17) is 18.0 Å². The molecule has 0 fully saturated rings. The van der Waals surface area contributed by atoms with E-state index in [1.165, 1.54) is 12.1 Å². The van der Waals surface area contributed by atoms with E-state index < -0.39 is 5.82 Å². The smallest absolute Gasteiger partial charge is 0.163 e. The number of hydrogen-bond acceptors (Lipinski definition) is 1. The van der Waals surface area contributed by atoms with Gasteiger partial charge in [-0.25, -0.2) is 4.39 Å². The molecule has 0 aliphatic carbocycles. The van der Waals surface area contributed by atoms with Crippen LogP contribution in [0.4, 0.5) is 4.39 Å². The van der Waals surface area contributed by atoms with E-state index in [-0.39, 0.29) is 17.2 Å². The molecule has 0 saturated carbocycles. The Morgan fingerprint density at radius 1 is 1.57 bits per heavy atom. The maximum atomic E-state index is 12.9. The van der Waals surface area contributed by atoms with E-state index in [2.05, 4.69) is 5.92 Å². The van der Waals surface area contributed by atoms with E-state index in [1.54, 1.807) is 0 Å². The lowest BCUT2D eigenvalue weighted by molar-refractivity contribution is 0.0984. The van der Waals surface area contributed by atoms with Crippen molar-refractivity contribution in [3.05, 3.63) is 34.6 Å². The molecular formula is C11H8ClFO. The molecule has 0 aliphatic heterocycles. The second-order valence-corrected chi connectivity index (χ2v) is 3.16. The van der Waals surface area contributed by atoms with Gasteiger partial charge in [0.1, 0.15) is 5.82 Å². The normalized spacial score (nSPS) is 9.50. The van der Waals surface area contributed by atoms with Crippen molar-refractivity contribution in [1.29, 1.82) is 0 Å². The van der Waals surface area contributed by atoms with Gasteiger partial charge in [0.15, 0.2) is 5.78 Å². The summed E-state index contributed by atoms with van der Waals surface area (Å²) in [4.78, 5) is 11.4. The maximum Gasteiger partial charge on any atom is 0.163 e. The summed E-state index contributed by atoms with van der Waals surface area (Å²) in [5.74, 6) is 1.60. The van der Waals surface area contributed by atoms with Crippen LogP contribution in [0.1, 0.15) is 23.2 Å². The lowest BCUT2D eigenvalue weighted by Gasteiger charge is -1.99. The summed E-state index contributed by atoms with van der Waals surface area (Å²) in [7, 11) is 0. The van der Waals surface area contributed by atoms with Gasteiger partial charge >= 0.3 is 0 Å². The van der Waals surface area contributed by atoms with Crippen LogP contribution in [-0.4, -0.2) is 5.78 Å². The van der Waals surface area contributed by atoms with Crippen LogP contribution in [0.5, 0.6) is 0 Å². The zero-order valence-electron chi connectivity index (χ0n) is 7.39. The molecule has 3 heteroatoms. The summed E-state index contributed by atoms with van der Waals surface area (Å²) >= 11 is 5.47. The maximum absolute atomic E-state index is 12.9. The molecule has 0 radical (unpaired) electrons. The van der Waals surface area contributed by atoms with Crippen LogP contribution in [-0.2, 0) is 0 Å². The van der Waals surface area contributed by atoms with Crippen LogP contribution >= 0.6 is 11.6 Å². The summed E-state index contributed by atoms with van der Waals surface area (Å²) < 4.78 is 12.9. The summed E-state index contributed by atoms with van der Waals surface area (Å²) in [5.41, 5.74) is 0.308. The second kappa shape index (κ2) is 4.78. The Labute approximate surface area is 86.9 Å². The van der Waals surface area contributed by atoms with Crippen molar-refractivity contribution in [3.63, 3.8) is 0 Å². The van der Waals surface area contributed by atoms with Crippen molar-refractivity contribution in [2.24, 2.45) is 0 Å². The van der Waals surface area contributed by atoms with Crippen molar-refractivity contribution in [2.75, 3.05) is 0 Å². The molecule has 0 aliphatic rings. The number of carbonyl (C=O) groups excluding carboxylic acids is 1. The van der Waals surface area contributed by atoms with Crippen molar-refractivity contribution in [1.82, 2.24) is 0 Å². The van der Waals surface area contributed by atoms with Crippen molar-refractivity contribution in [3.8, 4) is 12.3 Å². The standard InChI is InChI=1S/C11H8ClFO/c1-2-3-4-11(14)8-5-6-9(12)10(13)7-8/h1,5-7H,3-4H2. The minimum Gasteiger partial charge on any atom is -0.294 e. The number of benzene rings is 1. The first-order valence-corrected chi connectivity index (χ1v) is 4.44. The fourth-order valence-corrected chi connectivity index (χ4v) is 1.12. The molecule has 72 valence electrons. The zero-order chi connectivity index (χ0) is 10.6. The van der Waals surface area contributed by atoms with Gasteiger partial charge < -0.3 is 0 Å². The summed E-state index contributed by atoms with van der Waals surface area (Å²) in [6.07, 6.45) is 5.61. The Kier molecular flexibility index (Phi) is 3.67. The molecule has 1 rings (SSSR count). The monoisotopic (exact) mass is 210 g/mol. The summed E-state index contributed by atoms with van der Waals surface area (Å²) in [5, 5.41) is 0.0125. The predicted molar refractivity (Wildman–Crippen MR) is 53.8 cm³/mol. The van der Waals surface area contributed by atoms with Crippen LogP contribution in [0.2, 0.25) is 5.02 Å². The van der Waals surface area contributed by atoms with Gasteiger partial charge in [-0.3, -0.25) is 4.79 Å². The predicted octanol–water partition coefficient (Wildman–Crippen LogP) is 3.08. The van der Waals surface area contributed by atoms with Crippen LogP contribution in [0.3, 0.4) is 0 Å². The number of carbonyl (C=O) groups is 1. The van der Waals surface area contributed by atoms with Crippen LogP contribution < -0.4 is 0 Å². The highest BCUT2D eigenvalue weighted by Crippen LogP contribution is 2.16. The van der Waals surface area contributed by atoms with E-state index in [9.17, 15) is 9.18 Å². The summed E-state index contributed by atoms with van der Waals surface area (Å²) in [6.45, 7) is 0.